The highest BCUT2D eigenvalue weighted by Gasteiger charge is 2.11. The van der Waals surface area contributed by atoms with Crippen LogP contribution in [0.4, 0.5) is 17.5 Å². The number of rotatable bonds is 7. The molecule has 2 aromatic rings. The molecule has 0 amide bonds. The number of nitrogens with one attached hydrogen (secondary N) is 1. The third-order valence-corrected chi connectivity index (χ3v) is 4.53. The molecule has 140 valence electrons. The topological polar surface area (TPSA) is 79.5 Å². The van der Waals surface area contributed by atoms with Crippen molar-refractivity contribution in [2.75, 3.05) is 69.4 Å². The molecule has 3 rings (SSSR count). The SMILES string of the molecule is CN(C)c1cccc(-c2cnc(N)nc2NCCCN2CCOCC2)c1. The molecule has 0 radical (unpaired) electrons. The van der Waals surface area contributed by atoms with Crippen molar-refractivity contribution in [3.63, 3.8) is 0 Å². The van der Waals surface area contributed by atoms with Gasteiger partial charge in [0.15, 0.2) is 0 Å². The van der Waals surface area contributed by atoms with Crippen LogP contribution in [0.3, 0.4) is 0 Å². The molecule has 3 N–H and O–H groups in total. The number of nitrogens with zero attached hydrogens (tertiary/aromatic N) is 4. The second kappa shape index (κ2) is 8.82. The van der Waals surface area contributed by atoms with Gasteiger partial charge in [-0.25, -0.2) is 4.98 Å². The van der Waals surface area contributed by atoms with Crippen LogP contribution in [0.15, 0.2) is 30.5 Å². The van der Waals surface area contributed by atoms with Gasteiger partial charge in [0.05, 0.1) is 13.2 Å². The van der Waals surface area contributed by atoms with Crippen LogP contribution < -0.4 is 16.0 Å². The molecule has 1 aliphatic rings. The van der Waals surface area contributed by atoms with E-state index >= 15 is 0 Å². The second-order valence-corrected chi connectivity index (χ2v) is 6.67. The largest absolute Gasteiger partial charge is 0.379 e. The summed E-state index contributed by atoms with van der Waals surface area (Å²) in [6.45, 7) is 5.60. The van der Waals surface area contributed by atoms with E-state index in [1.165, 1.54) is 0 Å². The Balaban J connectivity index is 1.67. The monoisotopic (exact) mass is 356 g/mol. The maximum atomic E-state index is 5.81. The van der Waals surface area contributed by atoms with Crippen LogP contribution in [-0.4, -0.2) is 68.4 Å². The predicted molar refractivity (Wildman–Crippen MR) is 107 cm³/mol. The molecule has 0 atom stereocenters. The Kier molecular flexibility index (Phi) is 6.25. The lowest BCUT2D eigenvalue weighted by Gasteiger charge is -2.26. The molecular weight excluding hydrogens is 328 g/mol. The van der Waals surface area contributed by atoms with Crippen LogP contribution in [0, 0.1) is 0 Å². The van der Waals surface area contributed by atoms with Gasteiger partial charge in [0.2, 0.25) is 5.95 Å². The summed E-state index contributed by atoms with van der Waals surface area (Å²) in [5, 5.41) is 3.44. The summed E-state index contributed by atoms with van der Waals surface area (Å²) in [5.41, 5.74) is 8.99. The third kappa shape index (κ3) is 4.83. The molecule has 1 aliphatic heterocycles. The van der Waals surface area contributed by atoms with Crippen LogP contribution >= 0.6 is 0 Å². The van der Waals surface area contributed by atoms with Crippen LogP contribution in [0.1, 0.15) is 6.42 Å². The van der Waals surface area contributed by atoms with E-state index < -0.39 is 0 Å². The van der Waals surface area contributed by atoms with Gasteiger partial charge in [-0.05, 0) is 30.7 Å². The van der Waals surface area contributed by atoms with Crippen LogP contribution in [0.5, 0.6) is 0 Å². The highest BCUT2D eigenvalue weighted by atomic mass is 16.5. The number of hydrogen-bond donors (Lipinski definition) is 2. The first kappa shape index (κ1) is 18.4. The summed E-state index contributed by atoms with van der Waals surface area (Å²) in [6.07, 6.45) is 2.84. The predicted octanol–water partition coefficient (Wildman–Crippen LogP) is 1.93. The number of benzene rings is 1. The molecule has 1 aromatic heterocycles. The van der Waals surface area contributed by atoms with Gasteiger partial charge in [-0.15, -0.1) is 0 Å². The number of hydrogen-bond acceptors (Lipinski definition) is 7. The highest BCUT2D eigenvalue weighted by Crippen LogP contribution is 2.29. The van der Waals surface area contributed by atoms with Gasteiger partial charge in [-0.3, -0.25) is 4.90 Å². The van der Waals surface area contributed by atoms with Crippen LogP contribution in [0.25, 0.3) is 11.1 Å². The van der Waals surface area contributed by atoms with E-state index in [1.54, 1.807) is 6.20 Å². The van der Waals surface area contributed by atoms with Crippen molar-refractivity contribution in [2.45, 2.75) is 6.42 Å². The van der Waals surface area contributed by atoms with Crippen molar-refractivity contribution in [1.29, 1.82) is 0 Å². The molecule has 0 saturated carbocycles. The van der Waals surface area contributed by atoms with Crippen LogP contribution in [0.2, 0.25) is 0 Å². The lowest BCUT2D eigenvalue weighted by atomic mass is 10.1. The molecule has 7 heteroatoms. The number of morpholine rings is 1. The fourth-order valence-electron chi connectivity index (χ4n) is 3.03. The Morgan fingerprint density at radius 3 is 2.85 bits per heavy atom. The minimum absolute atomic E-state index is 0.285. The maximum Gasteiger partial charge on any atom is 0.221 e. The van der Waals surface area contributed by atoms with E-state index in [0.717, 1.165) is 68.4 Å². The zero-order chi connectivity index (χ0) is 18.4. The van der Waals surface area contributed by atoms with Gasteiger partial charge in [0, 0.05) is 51.2 Å². The number of anilines is 3. The standard InChI is InChI=1S/C19H28N6O/c1-24(2)16-6-3-5-15(13-16)17-14-22-19(20)23-18(17)21-7-4-8-25-9-11-26-12-10-25/h3,5-6,13-14H,4,7-12H2,1-2H3,(H3,20,21,22,23). The van der Waals surface area contributed by atoms with Gasteiger partial charge < -0.3 is 20.7 Å². The summed E-state index contributed by atoms with van der Waals surface area (Å²) >= 11 is 0. The molecular formula is C19H28N6O. The number of ether oxygens (including phenoxy) is 1. The van der Waals surface area contributed by atoms with Gasteiger partial charge in [-0.1, -0.05) is 12.1 Å². The minimum Gasteiger partial charge on any atom is -0.379 e. The third-order valence-electron chi connectivity index (χ3n) is 4.53. The molecule has 0 spiro atoms. The van der Waals surface area contributed by atoms with E-state index in [2.05, 4.69) is 43.3 Å². The quantitative estimate of drug-likeness (QED) is 0.734. The fraction of sp³-hybridized carbons (Fsp3) is 0.474. The van der Waals surface area contributed by atoms with E-state index in [0.29, 0.717) is 0 Å². The van der Waals surface area contributed by atoms with E-state index in [1.807, 2.05) is 20.2 Å². The fourth-order valence-corrected chi connectivity index (χ4v) is 3.03. The summed E-state index contributed by atoms with van der Waals surface area (Å²) < 4.78 is 5.39. The normalized spacial score (nSPS) is 15.0. The number of nitrogens with two attached hydrogens (primary N) is 1. The van der Waals surface area contributed by atoms with Gasteiger partial charge in [0.25, 0.3) is 0 Å². The molecule has 1 fully saturated rings. The molecule has 0 unspecified atom stereocenters. The summed E-state index contributed by atoms with van der Waals surface area (Å²) in [7, 11) is 4.06. The summed E-state index contributed by atoms with van der Waals surface area (Å²) in [5.74, 6) is 1.07. The van der Waals surface area contributed by atoms with Crippen molar-refractivity contribution in [1.82, 2.24) is 14.9 Å². The zero-order valence-electron chi connectivity index (χ0n) is 15.6. The van der Waals surface area contributed by atoms with Gasteiger partial charge in [0.1, 0.15) is 5.82 Å². The van der Waals surface area contributed by atoms with Crippen molar-refractivity contribution in [3.8, 4) is 11.1 Å². The first-order chi connectivity index (χ1) is 12.6. The molecule has 1 aromatic carbocycles. The van der Waals surface area contributed by atoms with Crippen molar-refractivity contribution >= 4 is 17.5 Å². The van der Waals surface area contributed by atoms with E-state index in [4.69, 9.17) is 10.5 Å². The van der Waals surface area contributed by atoms with Crippen molar-refractivity contribution in [3.05, 3.63) is 30.5 Å². The molecule has 0 bridgehead atoms. The highest BCUT2D eigenvalue weighted by molar-refractivity contribution is 5.77. The lowest BCUT2D eigenvalue weighted by Crippen LogP contribution is -2.37. The van der Waals surface area contributed by atoms with Gasteiger partial charge >= 0.3 is 0 Å². The minimum atomic E-state index is 0.285. The first-order valence-electron chi connectivity index (χ1n) is 9.08. The Morgan fingerprint density at radius 2 is 2.08 bits per heavy atom. The zero-order valence-corrected chi connectivity index (χ0v) is 15.6. The average molecular weight is 356 g/mol. The Morgan fingerprint density at radius 1 is 1.27 bits per heavy atom. The second-order valence-electron chi connectivity index (χ2n) is 6.67. The molecule has 1 saturated heterocycles. The first-order valence-corrected chi connectivity index (χ1v) is 9.08. The maximum absolute atomic E-state index is 5.81. The Labute approximate surface area is 155 Å². The number of aromatic nitrogens is 2. The van der Waals surface area contributed by atoms with Crippen LogP contribution in [-0.2, 0) is 4.74 Å². The van der Waals surface area contributed by atoms with E-state index in [9.17, 15) is 0 Å². The Bertz CT molecular complexity index is 715. The van der Waals surface area contributed by atoms with Gasteiger partial charge in [-0.2, -0.15) is 4.98 Å². The van der Waals surface area contributed by atoms with E-state index in [-0.39, 0.29) is 5.95 Å². The summed E-state index contributed by atoms with van der Waals surface area (Å²) in [6, 6.07) is 8.33. The summed E-state index contributed by atoms with van der Waals surface area (Å²) in [4.78, 5) is 13.1. The van der Waals surface area contributed by atoms with Crippen molar-refractivity contribution in [2.24, 2.45) is 0 Å². The van der Waals surface area contributed by atoms with Crippen molar-refractivity contribution < 1.29 is 4.74 Å². The smallest absolute Gasteiger partial charge is 0.221 e. The average Bonchev–Trinajstić information content (AvgIpc) is 2.66. The molecule has 0 aliphatic carbocycles. The molecule has 7 nitrogen and oxygen atoms in total. The Hall–Kier alpha value is -2.38. The molecule has 26 heavy (non-hydrogen) atoms. The lowest BCUT2D eigenvalue weighted by molar-refractivity contribution is 0.0378. The number of nitrogen functional groups attached to an aromatic ring is 1. The molecule has 2 heterocycles.